The number of benzene rings is 2. The van der Waals surface area contributed by atoms with Gasteiger partial charge in [-0.3, -0.25) is 0 Å². The third kappa shape index (κ3) is 2.62. The number of hydrogen-bond acceptors (Lipinski definition) is 1. The average Bonchev–Trinajstić information content (AvgIpc) is 2.73. The predicted octanol–water partition coefficient (Wildman–Crippen LogP) is 0.550. The molecule has 0 unspecified atom stereocenters. The Bertz CT molecular complexity index is 646. The number of aryl methyl sites for hydroxylation is 1. The summed E-state index contributed by atoms with van der Waals surface area (Å²) in [5.74, 6) is 0. The highest BCUT2D eigenvalue weighted by Crippen LogP contribution is 2.17. The molecule has 0 N–H and O–H groups in total. The topological polar surface area (TPSA) is 3.88 Å². The van der Waals surface area contributed by atoms with Crippen LogP contribution < -0.4 is 21.5 Å². The molecule has 0 atom stereocenters. The second-order valence-corrected chi connectivity index (χ2v) is 5.19. The van der Waals surface area contributed by atoms with E-state index < -0.39 is 0 Å². The van der Waals surface area contributed by atoms with E-state index in [4.69, 9.17) is 0 Å². The van der Waals surface area contributed by atoms with Gasteiger partial charge in [-0.15, -0.1) is 0 Å². The Kier molecular flexibility index (Phi) is 4.15. The van der Waals surface area contributed by atoms with Crippen molar-refractivity contribution < 1.29 is 21.5 Å². The van der Waals surface area contributed by atoms with Crippen molar-refractivity contribution in [3.8, 4) is 0 Å². The zero-order chi connectivity index (χ0) is 11.7. The molecule has 0 radical (unpaired) electrons. The second kappa shape index (κ2) is 5.63. The molecule has 1 aromatic heterocycles. The van der Waals surface area contributed by atoms with Crippen molar-refractivity contribution in [2.24, 2.45) is 0 Å². The van der Waals surface area contributed by atoms with E-state index in [1.807, 2.05) is 0 Å². The van der Waals surface area contributed by atoms with Gasteiger partial charge in [0.2, 0.25) is 11.0 Å². The fourth-order valence-electron chi connectivity index (χ4n) is 2.03. The first-order valence-corrected chi connectivity index (χ1v) is 6.62. The molecule has 3 rings (SSSR count). The lowest BCUT2D eigenvalue weighted by molar-refractivity contribution is -0.658. The molecule has 3 heteroatoms. The highest BCUT2D eigenvalue weighted by atomic mass is 79.9. The van der Waals surface area contributed by atoms with Crippen molar-refractivity contribution in [3.63, 3.8) is 0 Å². The molecule has 3 aromatic rings. The predicted molar refractivity (Wildman–Crippen MR) is 72.3 cm³/mol. The van der Waals surface area contributed by atoms with Crippen LogP contribution in [0.15, 0.2) is 54.0 Å². The summed E-state index contributed by atoms with van der Waals surface area (Å²) in [6, 6.07) is 17.2. The minimum absolute atomic E-state index is 0. The number of aromatic nitrogens is 1. The van der Waals surface area contributed by atoms with Gasteiger partial charge in [0.15, 0.2) is 6.54 Å². The lowest BCUT2D eigenvalue weighted by Gasteiger charge is -1.96. The smallest absolute Gasteiger partial charge is 0.226 e. The normalized spacial score (nSPS) is 10.3. The van der Waals surface area contributed by atoms with E-state index in [2.05, 4.69) is 65.5 Å². The third-order valence-corrected chi connectivity index (χ3v) is 3.89. The summed E-state index contributed by atoms with van der Waals surface area (Å²) in [7, 11) is 0. The number of rotatable bonds is 2. The maximum atomic E-state index is 2.32. The van der Waals surface area contributed by atoms with Crippen LogP contribution in [-0.2, 0) is 6.54 Å². The van der Waals surface area contributed by atoms with E-state index >= 15 is 0 Å². The van der Waals surface area contributed by atoms with E-state index in [1.54, 1.807) is 11.3 Å². The number of nitrogens with zero attached hydrogens (tertiary/aromatic N) is 1. The van der Waals surface area contributed by atoms with E-state index in [9.17, 15) is 0 Å². The van der Waals surface area contributed by atoms with Crippen molar-refractivity contribution in [1.29, 1.82) is 0 Å². The van der Waals surface area contributed by atoms with Crippen LogP contribution in [0.25, 0.3) is 10.2 Å². The van der Waals surface area contributed by atoms with Crippen LogP contribution in [0.2, 0.25) is 0 Å². The van der Waals surface area contributed by atoms with E-state index in [-0.39, 0.29) is 17.0 Å². The van der Waals surface area contributed by atoms with Crippen LogP contribution in [0.5, 0.6) is 0 Å². The van der Waals surface area contributed by atoms with Crippen LogP contribution >= 0.6 is 11.3 Å². The summed E-state index contributed by atoms with van der Waals surface area (Å²) in [5, 5.41) is 0. The van der Waals surface area contributed by atoms with Crippen molar-refractivity contribution in [2.45, 2.75) is 13.5 Å². The zero-order valence-corrected chi connectivity index (χ0v) is 12.5. The highest BCUT2D eigenvalue weighted by molar-refractivity contribution is 7.16. The van der Waals surface area contributed by atoms with Gasteiger partial charge < -0.3 is 17.0 Å². The quantitative estimate of drug-likeness (QED) is 0.607. The maximum absolute atomic E-state index is 2.32. The van der Waals surface area contributed by atoms with E-state index in [1.165, 1.54) is 21.3 Å². The molecule has 0 amide bonds. The molecular formula is C15H14BrNS. The van der Waals surface area contributed by atoms with Crippen LogP contribution in [-0.4, -0.2) is 0 Å². The van der Waals surface area contributed by atoms with Crippen LogP contribution in [0.4, 0.5) is 0 Å². The molecule has 0 saturated heterocycles. The van der Waals surface area contributed by atoms with Gasteiger partial charge in [-0.1, -0.05) is 47.7 Å². The molecule has 0 saturated carbocycles. The minimum Gasteiger partial charge on any atom is -1.00 e. The van der Waals surface area contributed by atoms with Crippen molar-refractivity contribution in [1.82, 2.24) is 0 Å². The van der Waals surface area contributed by atoms with Crippen molar-refractivity contribution in [2.75, 3.05) is 0 Å². The lowest BCUT2D eigenvalue weighted by Crippen LogP contribution is -3.00. The fourth-order valence-corrected chi connectivity index (χ4v) is 2.90. The Morgan fingerprint density at radius 1 is 1.06 bits per heavy atom. The van der Waals surface area contributed by atoms with Gasteiger partial charge in [0.05, 0.1) is 0 Å². The Labute approximate surface area is 121 Å². The SMILES string of the molecule is Cc1ccc2sc[n+](Cc3ccccc3)c2c1.[Br-]. The van der Waals surface area contributed by atoms with Crippen LogP contribution in [0.3, 0.4) is 0 Å². The fraction of sp³-hybridized carbons (Fsp3) is 0.133. The standard InChI is InChI=1S/C15H14NS.BrH/c1-12-7-8-15-14(9-12)16(11-17-15)10-13-5-3-2-4-6-13;/h2-9,11H,10H2,1H3;1H/q+1;/p-1. The molecule has 0 fully saturated rings. The molecular weight excluding hydrogens is 306 g/mol. The van der Waals surface area contributed by atoms with Crippen molar-refractivity contribution in [3.05, 3.63) is 65.2 Å². The third-order valence-electron chi connectivity index (χ3n) is 2.93. The molecule has 0 bridgehead atoms. The zero-order valence-electron chi connectivity index (χ0n) is 10.1. The first kappa shape index (κ1) is 13.2. The maximum Gasteiger partial charge on any atom is 0.226 e. The monoisotopic (exact) mass is 319 g/mol. The number of halogens is 1. The Balaban J connectivity index is 0.00000120. The molecule has 2 aromatic carbocycles. The molecule has 1 heterocycles. The molecule has 0 aliphatic carbocycles. The molecule has 0 spiro atoms. The van der Waals surface area contributed by atoms with Gasteiger partial charge in [-0.25, -0.2) is 0 Å². The molecule has 0 aliphatic heterocycles. The van der Waals surface area contributed by atoms with Gasteiger partial charge in [-0.2, -0.15) is 4.57 Å². The average molecular weight is 320 g/mol. The lowest BCUT2D eigenvalue weighted by atomic mass is 10.2. The Morgan fingerprint density at radius 3 is 2.61 bits per heavy atom. The van der Waals surface area contributed by atoms with E-state index in [0.717, 1.165) is 6.54 Å². The summed E-state index contributed by atoms with van der Waals surface area (Å²) in [6.45, 7) is 3.09. The largest absolute Gasteiger partial charge is 1.00 e. The number of hydrogen-bond donors (Lipinski definition) is 0. The summed E-state index contributed by atoms with van der Waals surface area (Å²) in [5.41, 5.74) is 6.20. The van der Waals surface area contributed by atoms with Gasteiger partial charge >= 0.3 is 0 Å². The van der Waals surface area contributed by atoms with Crippen molar-refractivity contribution >= 4 is 21.6 Å². The summed E-state index contributed by atoms with van der Waals surface area (Å²) < 4.78 is 3.68. The number of fused-ring (bicyclic) bond motifs is 1. The van der Waals surface area contributed by atoms with Gasteiger partial charge in [-0.05, 0) is 18.6 Å². The summed E-state index contributed by atoms with van der Waals surface area (Å²) in [4.78, 5) is 0. The van der Waals surface area contributed by atoms with Gasteiger partial charge in [0, 0.05) is 11.6 Å². The molecule has 0 aliphatic rings. The minimum atomic E-state index is 0. The summed E-state index contributed by atoms with van der Waals surface area (Å²) >= 11 is 1.80. The van der Waals surface area contributed by atoms with Gasteiger partial charge in [0.25, 0.3) is 0 Å². The Morgan fingerprint density at radius 2 is 1.83 bits per heavy atom. The first-order valence-electron chi connectivity index (χ1n) is 5.74. The molecule has 92 valence electrons. The second-order valence-electron chi connectivity index (χ2n) is 4.31. The summed E-state index contributed by atoms with van der Waals surface area (Å²) in [6.07, 6.45) is 0. The first-order chi connectivity index (χ1) is 8.33. The van der Waals surface area contributed by atoms with Crippen LogP contribution in [0.1, 0.15) is 11.1 Å². The molecule has 1 nitrogen and oxygen atoms in total. The molecule has 18 heavy (non-hydrogen) atoms. The number of thiazole rings is 1. The van der Waals surface area contributed by atoms with Crippen LogP contribution in [0, 0.1) is 6.92 Å². The highest BCUT2D eigenvalue weighted by Gasteiger charge is 2.11. The van der Waals surface area contributed by atoms with E-state index in [0.29, 0.717) is 0 Å². The van der Waals surface area contributed by atoms with Gasteiger partial charge in [0.1, 0.15) is 4.70 Å². The Hall–Kier alpha value is -1.19.